The normalized spacial score (nSPS) is 9.59. The molecule has 17 heavy (non-hydrogen) atoms. The minimum atomic E-state index is 0.524. The monoisotopic (exact) mass is 224 g/mol. The van der Waals surface area contributed by atoms with Crippen LogP contribution in [0.5, 0.6) is 5.75 Å². The van der Waals surface area contributed by atoms with E-state index in [9.17, 15) is 0 Å². The van der Waals surface area contributed by atoms with Gasteiger partial charge in [-0.1, -0.05) is 18.2 Å². The number of hydrogen-bond donors (Lipinski definition) is 0. The summed E-state index contributed by atoms with van der Waals surface area (Å²) in [4.78, 5) is 4.21. The highest BCUT2D eigenvalue weighted by atomic mass is 16.5. The second-order valence-electron chi connectivity index (χ2n) is 3.53. The number of pyridine rings is 1. The third kappa shape index (κ3) is 3.05. The van der Waals surface area contributed by atoms with Crippen LogP contribution in [-0.2, 0) is 6.42 Å². The fourth-order valence-electron chi connectivity index (χ4n) is 1.50. The Kier molecular flexibility index (Phi) is 3.72. The molecule has 84 valence electrons. The van der Waals surface area contributed by atoms with E-state index in [0.717, 1.165) is 12.1 Å². The van der Waals surface area contributed by atoms with E-state index in [0.29, 0.717) is 17.9 Å². The molecule has 0 N–H and O–H groups in total. The number of nitrogens with zero attached hydrogens (tertiary/aromatic N) is 2. The van der Waals surface area contributed by atoms with Crippen molar-refractivity contribution in [1.29, 1.82) is 5.26 Å². The molecule has 0 fully saturated rings. The van der Waals surface area contributed by atoms with Crippen LogP contribution in [0.25, 0.3) is 0 Å². The molecular weight excluding hydrogens is 212 g/mol. The SMILES string of the molecule is N#Cc1ccccc1OCCc1ccccn1. The van der Waals surface area contributed by atoms with Crippen LogP contribution in [-0.4, -0.2) is 11.6 Å². The second kappa shape index (κ2) is 5.66. The molecule has 1 aromatic heterocycles. The van der Waals surface area contributed by atoms with Gasteiger partial charge in [0.2, 0.25) is 0 Å². The number of benzene rings is 1. The fraction of sp³-hybridized carbons (Fsp3) is 0.143. The number of para-hydroxylation sites is 1. The average molecular weight is 224 g/mol. The number of hydrogen-bond acceptors (Lipinski definition) is 3. The second-order valence-corrected chi connectivity index (χ2v) is 3.53. The highest BCUT2D eigenvalue weighted by Crippen LogP contribution is 2.16. The first-order valence-electron chi connectivity index (χ1n) is 5.42. The molecule has 0 atom stereocenters. The highest BCUT2D eigenvalue weighted by Gasteiger charge is 2.01. The Morgan fingerprint density at radius 2 is 1.94 bits per heavy atom. The van der Waals surface area contributed by atoms with Crippen LogP contribution >= 0.6 is 0 Å². The summed E-state index contributed by atoms with van der Waals surface area (Å²) in [6.07, 6.45) is 2.50. The molecule has 1 aromatic carbocycles. The van der Waals surface area contributed by atoms with Gasteiger partial charge in [-0.15, -0.1) is 0 Å². The Morgan fingerprint density at radius 1 is 1.12 bits per heavy atom. The molecule has 2 aromatic rings. The van der Waals surface area contributed by atoms with Gasteiger partial charge in [0.1, 0.15) is 11.8 Å². The summed E-state index contributed by atoms with van der Waals surface area (Å²) < 4.78 is 5.57. The van der Waals surface area contributed by atoms with E-state index in [4.69, 9.17) is 10.00 Å². The van der Waals surface area contributed by atoms with Crippen LogP contribution in [0.15, 0.2) is 48.7 Å². The van der Waals surface area contributed by atoms with Gasteiger partial charge in [-0.05, 0) is 24.3 Å². The van der Waals surface area contributed by atoms with Gasteiger partial charge in [0.15, 0.2) is 0 Å². The Bertz CT molecular complexity index is 517. The largest absolute Gasteiger partial charge is 0.492 e. The van der Waals surface area contributed by atoms with Crippen LogP contribution in [0.3, 0.4) is 0 Å². The van der Waals surface area contributed by atoms with Crippen LogP contribution in [0.2, 0.25) is 0 Å². The maximum atomic E-state index is 8.89. The van der Waals surface area contributed by atoms with Crippen LogP contribution in [0.1, 0.15) is 11.3 Å². The molecule has 3 nitrogen and oxygen atoms in total. The molecule has 0 spiro atoms. The Morgan fingerprint density at radius 3 is 2.71 bits per heavy atom. The lowest BCUT2D eigenvalue weighted by atomic mass is 10.2. The van der Waals surface area contributed by atoms with Crippen LogP contribution in [0.4, 0.5) is 0 Å². The summed E-state index contributed by atoms with van der Waals surface area (Å²) in [6, 6.07) is 15.1. The summed E-state index contributed by atoms with van der Waals surface area (Å²) in [5.41, 5.74) is 1.55. The number of ether oxygens (including phenoxy) is 1. The van der Waals surface area contributed by atoms with Crippen LogP contribution in [0, 0.1) is 11.3 Å². The van der Waals surface area contributed by atoms with Gasteiger partial charge in [-0.25, -0.2) is 0 Å². The number of aromatic nitrogens is 1. The molecule has 0 aliphatic heterocycles. The van der Waals surface area contributed by atoms with Gasteiger partial charge >= 0.3 is 0 Å². The molecule has 0 aliphatic rings. The standard InChI is InChI=1S/C14H12N2O/c15-11-12-5-1-2-7-14(12)17-10-8-13-6-3-4-9-16-13/h1-7,9H,8,10H2. The minimum absolute atomic E-state index is 0.524. The van der Waals surface area contributed by atoms with Crippen molar-refractivity contribution in [3.8, 4) is 11.8 Å². The summed E-state index contributed by atoms with van der Waals surface area (Å²) >= 11 is 0. The Hall–Kier alpha value is -2.34. The van der Waals surface area contributed by atoms with Gasteiger partial charge in [0, 0.05) is 18.3 Å². The molecule has 0 saturated heterocycles. The average Bonchev–Trinajstić information content (AvgIpc) is 2.40. The predicted molar refractivity (Wildman–Crippen MR) is 64.6 cm³/mol. The van der Waals surface area contributed by atoms with Crippen molar-refractivity contribution in [3.63, 3.8) is 0 Å². The van der Waals surface area contributed by atoms with E-state index in [1.807, 2.05) is 30.3 Å². The van der Waals surface area contributed by atoms with E-state index < -0.39 is 0 Å². The summed E-state index contributed by atoms with van der Waals surface area (Å²) in [6.45, 7) is 0.524. The van der Waals surface area contributed by atoms with Gasteiger partial charge in [0.05, 0.1) is 12.2 Å². The molecule has 1 heterocycles. The molecule has 0 radical (unpaired) electrons. The van der Waals surface area contributed by atoms with Gasteiger partial charge in [-0.3, -0.25) is 4.98 Å². The zero-order chi connectivity index (χ0) is 11.9. The lowest BCUT2D eigenvalue weighted by Gasteiger charge is -2.06. The van der Waals surface area contributed by atoms with Crippen LogP contribution < -0.4 is 4.74 Å². The minimum Gasteiger partial charge on any atom is -0.492 e. The molecule has 0 unspecified atom stereocenters. The zero-order valence-electron chi connectivity index (χ0n) is 9.34. The molecule has 2 rings (SSSR count). The maximum absolute atomic E-state index is 8.89. The molecule has 0 bridgehead atoms. The molecular formula is C14H12N2O. The van der Waals surface area contributed by atoms with Crippen molar-refractivity contribution in [2.24, 2.45) is 0 Å². The zero-order valence-corrected chi connectivity index (χ0v) is 9.34. The van der Waals surface area contributed by atoms with Gasteiger partial charge in [0.25, 0.3) is 0 Å². The quantitative estimate of drug-likeness (QED) is 0.801. The lowest BCUT2D eigenvalue weighted by Crippen LogP contribution is -2.03. The molecule has 0 amide bonds. The first-order valence-corrected chi connectivity index (χ1v) is 5.42. The lowest BCUT2D eigenvalue weighted by molar-refractivity contribution is 0.319. The van der Waals surface area contributed by atoms with Crippen molar-refractivity contribution >= 4 is 0 Å². The fourth-order valence-corrected chi connectivity index (χ4v) is 1.50. The van der Waals surface area contributed by atoms with Gasteiger partial charge in [-0.2, -0.15) is 5.26 Å². The first-order chi connectivity index (χ1) is 8.40. The third-order valence-electron chi connectivity index (χ3n) is 2.35. The highest BCUT2D eigenvalue weighted by molar-refractivity contribution is 5.42. The van der Waals surface area contributed by atoms with Crippen molar-refractivity contribution in [2.75, 3.05) is 6.61 Å². The topological polar surface area (TPSA) is 45.9 Å². The van der Waals surface area contributed by atoms with Crippen molar-refractivity contribution in [3.05, 3.63) is 59.9 Å². The molecule has 0 saturated carbocycles. The van der Waals surface area contributed by atoms with E-state index in [2.05, 4.69) is 11.1 Å². The maximum Gasteiger partial charge on any atom is 0.137 e. The summed E-state index contributed by atoms with van der Waals surface area (Å²) in [7, 11) is 0. The molecule has 0 aliphatic carbocycles. The third-order valence-corrected chi connectivity index (χ3v) is 2.35. The number of rotatable bonds is 4. The van der Waals surface area contributed by atoms with E-state index >= 15 is 0 Å². The van der Waals surface area contributed by atoms with Crippen molar-refractivity contribution in [1.82, 2.24) is 4.98 Å². The van der Waals surface area contributed by atoms with E-state index in [1.165, 1.54) is 0 Å². The summed E-state index contributed by atoms with van der Waals surface area (Å²) in [5.74, 6) is 0.630. The van der Waals surface area contributed by atoms with E-state index in [-0.39, 0.29) is 0 Å². The Balaban J connectivity index is 1.93. The number of nitriles is 1. The Labute approximate surface area is 100 Å². The first kappa shape index (κ1) is 11.2. The molecule has 3 heteroatoms. The van der Waals surface area contributed by atoms with Crippen molar-refractivity contribution < 1.29 is 4.74 Å². The van der Waals surface area contributed by atoms with Gasteiger partial charge < -0.3 is 4.74 Å². The summed E-state index contributed by atoms with van der Waals surface area (Å²) in [5, 5.41) is 8.89. The predicted octanol–water partition coefficient (Wildman–Crippen LogP) is 2.57. The van der Waals surface area contributed by atoms with E-state index in [1.54, 1.807) is 18.3 Å². The van der Waals surface area contributed by atoms with Crippen molar-refractivity contribution in [2.45, 2.75) is 6.42 Å². The smallest absolute Gasteiger partial charge is 0.137 e.